The lowest BCUT2D eigenvalue weighted by Crippen LogP contribution is -2.43. The van der Waals surface area contributed by atoms with Gasteiger partial charge in [-0.2, -0.15) is 0 Å². The van der Waals surface area contributed by atoms with E-state index in [1.807, 2.05) is 18.2 Å². The molecule has 36 heavy (non-hydrogen) atoms. The van der Waals surface area contributed by atoms with Gasteiger partial charge in [-0.05, 0) is 60.7 Å². The summed E-state index contributed by atoms with van der Waals surface area (Å²) in [5, 5.41) is 11.9. The third kappa shape index (κ3) is 5.49. The molecule has 1 aliphatic rings. The molecule has 0 aliphatic carbocycles. The summed E-state index contributed by atoms with van der Waals surface area (Å²) in [4.78, 5) is 30.1. The molecule has 1 saturated heterocycles. The number of sulfone groups is 1. The SMILES string of the molecule is N[C@@H](Cc1cccnc1)C(=O)Nc1cccc(-c2ccc([C@@]3(CC(=O)NO)CCCCS3(=O)=O)s2)c1. The van der Waals surface area contributed by atoms with Crippen molar-refractivity contribution < 1.29 is 23.2 Å². The molecule has 1 fully saturated rings. The van der Waals surface area contributed by atoms with E-state index in [1.165, 1.54) is 11.3 Å². The second-order valence-electron chi connectivity index (χ2n) is 8.89. The molecule has 1 aliphatic heterocycles. The number of nitrogens with one attached hydrogen (secondary N) is 2. The van der Waals surface area contributed by atoms with Crippen molar-refractivity contribution in [1.29, 1.82) is 0 Å². The molecular weight excluding hydrogens is 500 g/mol. The minimum atomic E-state index is -3.61. The number of hydrogen-bond acceptors (Lipinski definition) is 8. The van der Waals surface area contributed by atoms with Crippen molar-refractivity contribution in [2.45, 2.75) is 42.9 Å². The third-order valence-corrected chi connectivity index (χ3v) is 10.4. The van der Waals surface area contributed by atoms with Crippen molar-refractivity contribution in [3.05, 3.63) is 71.4 Å². The average molecular weight is 529 g/mol. The Morgan fingerprint density at radius 3 is 2.72 bits per heavy atom. The number of pyridine rings is 1. The van der Waals surface area contributed by atoms with Gasteiger partial charge in [0.25, 0.3) is 0 Å². The number of nitrogens with two attached hydrogens (primary N) is 1. The fourth-order valence-electron chi connectivity index (χ4n) is 4.50. The summed E-state index contributed by atoms with van der Waals surface area (Å²) >= 11 is 1.30. The average Bonchev–Trinajstić information content (AvgIpc) is 3.37. The van der Waals surface area contributed by atoms with Gasteiger partial charge >= 0.3 is 0 Å². The number of anilines is 1. The summed E-state index contributed by atoms with van der Waals surface area (Å²) in [6, 6.07) is 13.7. The molecule has 1 aromatic carbocycles. The van der Waals surface area contributed by atoms with Crippen molar-refractivity contribution >= 4 is 38.7 Å². The Kier molecular flexibility index (Phi) is 7.84. The smallest absolute Gasteiger partial charge is 0.245 e. The Bertz CT molecular complexity index is 1340. The van der Waals surface area contributed by atoms with Crippen molar-refractivity contribution in [2.24, 2.45) is 5.73 Å². The highest BCUT2D eigenvalue weighted by Gasteiger charge is 2.49. The predicted molar refractivity (Wildman–Crippen MR) is 138 cm³/mol. The molecule has 2 amide bonds. The summed E-state index contributed by atoms with van der Waals surface area (Å²) in [7, 11) is -3.61. The molecular formula is C25H28N4O5S2. The van der Waals surface area contributed by atoms with Gasteiger partial charge in [0, 0.05) is 27.8 Å². The van der Waals surface area contributed by atoms with E-state index < -0.39 is 26.5 Å². The number of benzene rings is 1. The minimum absolute atomic E-state index is 0.000240. The van der Waals surface area contributed by atoms with Gasteiger partial charge in [0.2, 0.25) is 11.8 Å². The molecule has 3 heterocycles. The second kappa shape index (κ2) is 10.9. The topological polar surface area (TPSA) is 151 Å². The molecule has 2 atom stereocenters. The van der Waals surface area contributed by atoms with Crippen molar-refractivity contribution in [3.63, 3.8) is 0 Å². The molecule has 11 heteroatoms. The van der Waals surface area contributed by atoms with Gasteiger partial charge in [0.05, 0.1) is 18.2 Å². The first-order valence-corrected chi connectivity index (χ1v) is 14.0. The highest BCUT2D eigenvalue weighted by molar-refractivity contribution is 7.92. The first kappa shape index (κ1) is 26.0. The van der Waals surface area contributed by atoms with E-state index in [0.29, 0.717) is 36.2 Å². The molecule has 5 N–H and O–H groups in total. The second-order valence-corrected chi connectivity index (χ2v) is 12.4. The van der Waals surface area contributed by atoms with E-state index in [0.717, 1.165) is 16.0 Å². The zero-order valence-electron chi connectivity index (χ0n) is 19.5. The first-order valence-electron chi connectivity index (χ1n) is 11.6. The van der Waals surface area contributed by atoms with Crippen LogP contribution in [0.15, 0.2) is 60.9 Å². The van der Waals surface area contributed by atoms with Crippen LogP contribution < -0.4 is 16.5 Å². The van der Waals surface area contributed by atoms with Crippen LogP contribution in [-0.2, 0) is 30.6 Å². The Morgan fingerprint density at radius 1 is 1.17 bits per heavy atom. The summed E-state index contributed by atoms with van der Waals surface area (Å²) in [6.45, 7) is 0. The van der Waals surface area contributed by atoms with Crippen LogP contribution in [0.1, 0.15) is 36.1 Å². The van der Waals surface area contributed by atoms with Crippen LogP contribution in [-0.4, -0.2) is 42.2 Å². The lowest BCUT2D eigenvalue weighted by molar-refractivity contribution is -0.130. The van der Waals surface area contributed by atoms with Crippen LogP contribution in [0.4, 0.5) is 5.69 Å². The minimum Gasteiger partial charge on any atom is -0.325 e. The van der Waals surface area contributed by atoms with Gasteiger partial charge in [-0.3, -0.25) is 19.8 Å². The van der Waals surface area contributed by atoms with Gasteiger partial charge < -0.3 is 11.1 Å². The maximum Gasteiger partial charge on any atom is 0.245 e. The number of carbonyl (C=O) groups is 2. The zero-order valence-corrected chi connectivity index (χ0v) is 21.1. The standard InChI is InChI=1S/C25H28N4O5S2/c26-20(13-17-5-4-11-27-16-17)24(31)28-19-7-3-6-18(14-19)21-8-9-22(35-21)25(15-23(30)29-32)10-1-2-12-36(25,33)34/h3-9,11,14,16,20,32H,1-2,10,12-13,15,26H2,(H,28,31)(H,29,30)/t20-,25-/m0/s1. The normalized spacial score (nSPS) is 19.8. The quantitative estimate of drug-likeness (QED) is 0.259. The molecule has 190 valence electrons. The van der Waals surface area contributed by atoms with Gasteiger partial charge in [-0.15, -0.1) is 11.3 Å². The molecule has 9 nitrogen and oxygen atoms in total. The molecule has 0 radical (unpaired) electrons. The van der Waals surface area contributed by atoms with E-state index in [4.69, 9.17) is 10.9 Å². The van der Waals surface area contributed by atoms with Crippen LogP contribution in [0.25, 0.3) is 10.4 Å². The predicted octanol–water partition coefficient (Wildman–Crippen LogP) is 3.01. The van der Waals surface area contributed by atoms with Crippen molar-refractivity contribution in [1.82, 2.24) is 10.5 Å². The third-order valence-electron chi connectivity index (χ3n) is 6.39. The van der Waals surface area contributed by atoms with Crippen LogP contribution in [0.2, 0.25) is 0 Å². The fraction of sp³-hybridized carbons (Fsp3) is 0.320. The van der Waals surface area contributed by atoms with E-state index >= 15 is 0 Å². The van der Waals surface area contributed by atoms with Crippen molar-refractivity contribution in [3.8, 4) is 10.4 Å². The highest BCUT2D eigenvalue weighted by atomic mass is 32.2. The van der Waals surface area contributed by atoms with E-state index in [9.17, 15) is 18.0 Å². The lowest BCUT2D eigenvalue weighted by atomic mass is 9.94. The van der Waals surface area contributed by atoms with Crippen LogP contribution in [0.5, 0.6) is 0 Å². The van der Waals surface area contributed by atoms with Crippen molar-refractivity contribution in [2.75, 3.05) is 11.1 Å². The Hall–Kier alpha value is -3.12. The molecule has 0 spiro atoms. The monoisotopic (exact) mass is 528 g/mol. The van der Waals surface area contributed by atoms with Crippen LogP contribution in [0, 0.1) is 0 Å². The Morgan fingerprint density at radius 2 is 2.00 bits per heavy atom. The number of hydrogen-bond donors (Lipinski definition) is 4. The zero-order chi connectivity index (χ0) is 25.8. The van der Waals surface area contributed by atoms with Gasteiger partial charge in [-0.1, -0.05) is 24.6 Å². The summed E-state index contributed by atoms with van der Waals surface area (Å²) in [6.07, 6.45) is 4.88. The lowest BCUT2D eigenvalue weighted by Gasteiger charge is -2.35. The number of carbonyl (C=O) groups excluding carboxylic acids is 2. The van der Waals surface area contributed by atoms with Crippen LogP contribution >= 0.6 is 11.3 Å². The molecule has 4 rings (SSSR count). The largest absolute Gasteiger partial charge is 0.325 e. The number of nitrogens with zero attached hydrogens (tertiary/aromatic N) is 1. The number of hydroxylamine groups is 1. The highest BCUT2D eigenvalue weighted by Crippen LogP contribution is 2.47. The maximum absolute atomic E-state index is 13.2. The summed E-state index contributed by atoms with van der Waals surface area (Å²) in [5.41, 5.74) is 9.88. The van der Waals surface area contributed by atoms with Gasteiger partial charge in [-0.25, -0.2) is 13.9 Å². The number of aromatic nitrogens is 1. The van der Waals surface area contributed by atoms with E-state index in [-0.39, 0.29) is 18.1 Å². The number of rotatable bonds is 8. The molecule has 0 saturated carbocycles. The van der Waals surface area contributed by atoms with Crippen LogP contribution in [0.3, 0.4) is 0 Å². The molecule has 0 unspecified atom stereocenters. The molecule has 0 bridgehead atoms. The van der Waals surface area contributed by atoms with Gasteiger partial charge in [0.1, 0.15) is 4.75 Å². The Labute approximate surface area is 213 Å². The summed E-state index contributed by atoms with van der Waals surface area (Å²) in [5.74, 6) is -1.06. The number of amides is 2. The van der Waals surface area contributed by atoms with E-state index in [2.05, 4.69) is 10.3 Å². The fourth-order valence-corrected chi connectivity index (χ4v) is 8.28. The summed E-state index contributed by atoms with van der Waals surface area (Å²) < 4.78 is 24.9. The van der Waals surface area contributed by atoms with Gasteiger partial charge in [0.15, 0.2) is 9.84 Å². The number of thiophene rings is 1. The van der Waals surface area contributed by atoms with E-state index in [1.54, 1.807) is 48.2 Å². The molecule has 2 aromatic heterocycles. The first-order chi connectivity index (χ1) is 17.2. The Balaban J connectivity index is 1.55. The maximum atomic E-state index is 13.2. The molecule has 3 aromatic rings.